The SMILES string of the molecule is C=C(C(=O)OC)C(F)(F)F.C=C(C)C(=O)OC.C=C(C)C(=O)OC.C=C(C)C(=O)OC(C)(C)C.C=C(C)C(=O)OC1(CC)C2CC3CC(C2)CC1C3.C=C(C)C(=O)OCC.C=C(C)C(=O)OCC(C)(C)C.C=C(C)C(=O)OCC1CO1.C=C(C)C(=O)OCCCC.C=C(C)C(=O)OCCCCCC.C=C(C)C(=O)OCCCCCCC.C=CC(=O)OC.C=CC(=O)OCCCC.CC(C)C(=O)OC(C)(C)C1C2CC3CC(C2)CC1C3. The molecule has 9 aliphatic rings. The first-order valence-electron chi connectivity index (χ1n) is 51.8. The molecule has 0 amide bonds. The number of halogens is 3. The van der Waals surface area contributed by atoms with Crippen LogP contribution in [0, 0.1) is 64.6 Å². The number of epoxide rings is 1. The normalized spacial score (nSPS) is 18.4. The Bertz CT molecular complexity index is 4180. The molecule has 1 saturated heterocycles. The molecule has 9 rings (SSSR count). The third kappa shape index (κ3) is 77.3. The molecule has 8 bridgehead atoms. The van der Waals surface area contributed by atoms with Crippen LogP contribution in [0.25, 0.3) is 0 Å². The Morgan fingerprint density at radius 2 is 0.667 bits per heavy atom. The quantitative estimate of drug-likeness (QED) is 0.0181. The summed E-state index contributed by atoms with van der Waals surface area (Å²) in [4.78, 5) is 150. The predicted octanol–water partition coefficient (Wildman–Crippen LogP) is 25.7. The van der Waals surface area contributed by atoms with Gasteiger partial charge in [-0.25, -0.2) is 62.3 Å². The van der Waals surface area contributed by atoms with Crippen LogP contribution in [0.3, 0.4) is 0 Å². The molecular formula is C118H193F3O29. The number of carbonyl (C=O) groups is 14. The number of unbranched alkanes of at least 4 members (excludes halogenated alkanes) is 9. The summed E-state index contributed by atoms with van der Waals surface area (Å²) in [6, 6.07) is 0. The summed E-state index contributed by atoms with van der Waals surface area (Å²) in [5.41, 5.74) is 2.30. The third-order valence-corrected chi connectivity index (χ3v) is 22.7. The Morgan fingerprint density at radius 3 is 0.913 bits per heavy atom. The molecule has 8 saturated carbocycles. The van der Waals surface area contributed by atoms with Crippen molar-refractivity contribution < 1.29 is 151 Å². The largest absolute Gasteiger partial charge is 0.466 e. The van der Waals surface area contributed by atoms with Crippen LogP contribution in [-0.2, 0) is 138 Å². The molecule has 1 unspecified atom stereocenters. The van der Waals surface area contributed by atoms with Gasteiger partial charge in [-0.05, 0) is 260 Å². The summed E-state index contributed by atoms with van der Waals surface area (Å²) < 4.78 is 106. The molecule has 860 valence electrons. The smallest absolute Gasteiger partial charge is 0.422 e. The molecule has 0 aromatic rings. The van der Waals surface area contributed by atoms with Gasteiger partial charge in [0.05, 0.1) is 80.6 Å². The third-order valence-electron chi connectivity index (χ3n) is 22.7. The van der Waals surface area contributed by atoms with Crippen molar-refractivity contribution in [2.45, 2.75) is 363 Å². The molecule has 1 aliphatic heterocycles. The van der Waals surface area contributed by atoms with Crippen LogP contribution in [0.15, 0.2) is 159 Å². The molecule has 1 atom stereocenters. The second kappa shape index (κ2) is 83.6. The van der Waals surface area contributed by atoms with E-state index in [2.05, 4.69) is 155 Å². The van der Waals surface area contributed by atoms with Gasteiger partial charge < -0.3 is 71.1 Å². The summed E-state index contributed by atoms with van der Waals surface area (Å²) in [6.45, 7) is 96.2. The highest BCUT2D eigenvalue weighted by Gasteiger charge is 2.59. The first-order chi connectivity index (χ1) is 69.4. The topological polar surface area (TPSA) is 381 Å². The number of hydrogen-bond donors (Lipinski definition) is 0. The Morgan fingerprint density at radius 1 is 0.360 bits per heavy atom. The minimum atomic E-state index is -4.69. The molecule has 8 aliphatic carbocycles. The van der Waals surface area contributed by atoms with E-state index in [1.807, 2.05) is 62.3 Å². The van der Waals surface area contributed by atoms with Crippen molar-refractivity contribution in [3.63, 3.8) is 0 Å². The standard InChI is InChI=1S/C17H28O2.C16H24O2.C11H20O2.C10H18O2.C9H16O2.2C8H14O2.C7H10O3.C7H12O2.C6H10O2.C5H5F3O2.2C5H8O2.C4H6O2/c1-10(2)16(18)19-17(3,4)15-13-6-11-5-12(8-13)9-14(15)7-11;1-4-16(18-15(17)10(2)3)13-6-11-5-12(8-13)9-14(16)7-11;1-4-5-6-7-8-9-13-11(12)10(2)3;1-4-5-6-7-8-12-10(11)9(2)3;1-7(2)8(10)11-6-9(3,4)5;1-6(2)7(9)10-8(3,4)5;1-4-5-6-10-8(9)7(2)3;1-5(2)7(8)10-4-6-3-9-6;1-3-5-6-9-7(8)4-2;1-4-8-6(7)5(2)3;1-3(4(9)10-2)5(6,7)8;2*1-4(2)5(6)7-3;1-3-4(5)6-2/h10-15H,5-9H2,1-4H3;11-14H,2,4-9H2,1,3H3;2,4-9H2,1,3H3;2,4-8H2,1,3H3;1,6H2,2-5H3;1H2,2-5H3;2,4-6H2,1,3H3;6H,1,3-4H2,2H3;4H,2-3,5-6H2,1H3;2,4H2,1,3H3;1H2,2H3;2*1H2,2-3H3;3H,1H2,2H3. The van der Waals surface area contributed by atoms with Gasteiger partial charge in [0.25, 0.3) is 0 Å². The van der Waals surface area contributed by atoms with Gasteiger partial charge in [-0.3, -0.25) is 4.79 Å². The number of alkyl halides is 3. The van der Waals surface area contributed by atoms with Gasteiger partial charge in [-0.2, -0.15) is 13.2 Å². The van der Waals surface area contributed by atoms with Gasteiger partial charge in [0.15, 0.2) is 0 Å². The zero-order valence-electron chi connectivity index (χ0n) is 97.3. The lowest BCUT2D eigenvalue weighted by atomic mass is 9.49. The van der Waals surface area contributed by atoms with E-state index in [9.17, 15) is 80.3 Å². The first-order valence-corrected chi connectivity index (χ1v) is 51.8. The van der Waals surface area contributed by atoms with Crippen molar-refractivity contribution >= 4 is 83.6 Å². The van der Waals surface area contributed by atoms with Crippen molar-refractivity contribution in [1.82, 2.24) is 0 Å². The van der Waals surface area contributed by atoms with Crippen molar-refractivity contribution in [1.29, 1.82) is 0 Å². The summed E-state index contributed by atoms with van der Waals surface area (Å²) in [5, 5.41) is 0. The average molecular weight is 2130 g/mol. The number of esters is 14. The van der Waals surface area contributed by atoms with Crippen molar-refractivity contribution in [3.05, 3.63) is 159 Å². The summed E-state index contributed by atoms with van der Waals surface area (Å²) in [7, 11) is 4.83. The fourth-order valence-corrected chi connectivity index (χ4v) is 15.3. The van der Waals surface area contributed by atoms with Crippen LogP contribution < -0.4 is 0 Å². The van der Waals surface area contributed by atoms with Crippen LogP contribution in [0.2, 0.25) is 0 Å². The number of methoxy groups -OCH3 is 4. The fourth-order valence-electron chi connectivity index (χ4n) is 15.3. The highest BCUT2D eigenvalue weighted by Crippen LogP contribution is 2.62. The molecule has 0 aromatic heterocycles. The van der Waals surface area contributed by atoms with Crippen LogP contribution >= 0.6 is 0 Å². The molecule has 9 fully saturated rings. The van der Waals surface area contributed by atoms with E-state index in [-0.39, 0.29) is 100 Å². The summed E-state index contributed by atoms with van der Waals surface area (Å²) in [6.07, 6.45) is 26.7. The van der Waals surface area contributed by atoms with Crippen LogP contribution in [-0.4, -0.2) is 194 Å². The zero-order chi connectivity index (χ0) is 118. The van der Waals surface area contributed by atoms with E-state index in [1.165, 1.54) is 124 Å². The molecule has 0 radical (unpaired) electrons. The van der Waals surface area contributed by atoms with Gasteiger partial charge >= 0.3 is 89.7 Å². The maximum absolute atomic E-state index is 12.0. The Balaban J connectivity index is -0.000000297. The van der Waals surface area contributed by atoms with Gasteiger partial charge in [0.1, 0.15) is 35.1 Å². The van der Waals surface area contributed by atoms with E-state index in [0.717, 1.165) is 106 Å². The molecule has 0 spiro atoms. The lowest BCUT2D eigenvalue weighted by Gasteiger charge is -2.60. The Labute approximate surface area is 898 Å². The van der Waals surface area contributed by atoms with Crippen molar-refractivity contribution in [3.8, 4) is 0 Å². The maximum Gasteiger partial charge on any atom is 0.422 e. The van der Waals surface area contributed by atoms with Gasteiger partial charge in [0, 0.05) is 73.8 Å². The summed E-state index contributed by atoms with van der Waals surface area (Å²) in [5.74, 6) is 2.04. The van der Waals surface area contributed by atoms with E-state index < -0.39 is 29.3 Å². The van der Waals surface area contributed by atoms with Crippen molar-refractivity contribution in [2.24, 2.45) is 64.6 Å². The monoisotopic (exact) mass is 2130 g/mol. The second-order valence-corrected chi connectivity index (χ2v) is 41.0. The molecule has 29 nitrogen and oxygen atoms in total. The lowest BCUT2D eigenvalue weighted by Crippen LogP contribution is -2.59. The van der Waals surface area contributed by atoms with E-state index in [1.54, 1.807) is 76.2 Å². The Hall–Kier alpha value is -11.1. The lowest BCUT2D eigenvalue weighted by molar-refractivity contribution is -0.207. The van der Waals surface area contributed by atoms with E-state index in [0.29, 0.717) is 126 Å². The minimum absolute atomic E-state index is 0.0175. The van der Waals surface area contributed by atoms with E-state index >= 15 is 0 Å². The fraction of sp³-hybridized carbons (Fsp3) is 0.661. The molecule has 0 N–H and O–H groups in total. The summed E-state index contributed by atoms with van der Waals surface area (Å²) >= 11 is 0. The molecule has 0 aromatic carbocycles. The first kappa shape index (κ1) is 152. The zero-order valence-corrected chi connectivity index (χ0v) is 97.3. The predicted molar refractivity (Wildman–Crippen MR) is 584 cm³/mol. The number of ether oxygens (including phenoxy) is 15. The number of rotatable bonds is 39. The molecule has 150 heavy (non-hydrogen) atoms. The Kier molecular flexibility index (Phi) is 84.6. The van der Waals surface area contributed by atoms with Crippen LogP contribution in [0.5, 0.6) is 0 Å². The minimum Gasteiger partial charge on any atom is -0.466 e. The molecular weight excluding hydrogens is 1940 g/mol. The maximum atomic E-state index is 12.0. The van der Waals surface area contributed by atoms with Gasteiger partial charge in [0.2, 0.25) is 0 Å². The number of carbonyl (C=O) groups excluding carboxylic acids is 14. The highest BCUT2D eigenvalue weighted by atomic mass is 19.4. The average Bonchev–Trinajstić information content (AvgIpc) is 0.805. The van der Waals surface area contributed by atoms with Crippen LogP contribution in [0.4, 0.5) is 13.2 Å². The van der Waals surface area contributed by atoms with E-state index in [4.69, 9.17) is 42.6 Å². The van der Waals surface area contributed by atoms with Crippen LogP contribution in [0.1, 0.15) is 334 Å². The van der Waals surface area contributed by atoms with Gasteiger partial charge in [-0.15, -0.1) is 0 Å². The number of hydrogen-bond acceptors (Lipinski definition) is 29. The van der Waals surface area contributed by atoms with Crippen molar-refractivity contribution in [2.75, 3.05) is 81.3 Å². The highest BCUT2D eigenvalue weighted by molar-refractivity contribution is 5.91. The second-order valence-electron chi connectivity index (χ2n) is 41.0. The molecule has 1 heterocycles. The molecule has 32 heteroatoms. The van der Waals surface area contributed by atoms with Gasteiger partial charge in [-0.1, -0.05) is 213 Å².